The van der Waals surface area contributed by atoms with Crippen molar-refractivity contribution >= 4 is 49.6 Å². The molecule has 1 aliphatic heterocycles. The van der Waals surface area contributed by atoms with Crippen molar-refractivity contribution in [2.75, 3.05) is 114 Å². The summed E-state index contributed by atoms with van der Waals surface area (Å²) in [6, 6.07) is 28.3. The first-order chi connectivity index (χ1) is 42.5. The number of fused-ring (bicyclic) bond motifs is 4. The predicted molar refractivity (Wildman–Crippen MR) is 361 cm³/mol. The van der Waals surface area contributed by atoms with Gasteiger partial charge in [-0.25, -0.2) is 4.98 Å². The number of hydrogen-bond donors (Lipinski definition) is 5. The van der Waals surface area contributed by atoms with E-state index in [0.29, 0.717) is 19.8 Å². The standard InChI is InChI=1S/C73H96N8O6/c1-7-73(6)30-21-22-54(27-31-73)51-77-71-26-24-58-43-60(82)49-67(72(58)78-71)76-33-16-13-17-36-80(10-4)38-29-57-42-59(55-23-25-68-70(46-55)87-53-86-68)45-64-63(57)47-61(83)48-66(64)75-32-15-12-18-37-81(11-5)39-41-84-62-44-56-28-34-74-52-65(56)69(50-62)85-40-20-14-19-35-79(8-2)9-3/h21-28,30-31,34,42-50,52,75-76,82-83H,7-20,29,32-33,35-41,51,53H2,1-6H3,(H,77,78). The molecule has 1 unspecified atom stereocenters. The predicted octanol–water partition coefficient (Wildman–Crippen LogP) is 15.6. The Morgan fingerprint density at radius 3 is 2.09 bits per heavy atom. The molecule has 87 heavy (non-hydrogen) atoms. The van der Waals surface area contributed by atoms with E-state index in [1.165, 1.54) is 17.6 Å². The zero-order valence-corrected chi connectivity index (χ0v) is 52.8. The van der Waals surface area contributed by atoms with Crippen molar-refractivity contribution in [1.29, 1.82) is 0 Å². The molecule has 5 N–H and O–H groups in total. The van der Waals surface area contributed by atoms with Crippen molar-refractivity contribution in [3.63, 3.8) is 0 Å². The van der Waals surface area contributed by atoms with Gasteiger partial charge in [-0.15, -0.1) is 0 Å². The van der Waals surface area contributed by atoms with Gasteiger partial charge in [0.05, 0.1) is 17.8 Å². The summed E-state index contributed by atoms with van der Waals surface area (Å²) in [6.07, 6.45) is 26.3. The van der Waals surface area contributed by atoms with E-state index in [2.05, 4.69) is 138 Å². The Hall–Kier alpha value is -7.52. The minimum atomic E-state index is 0.0703. The molecule has 0 spiro atoms. The van der Waals surface area contributed by atoms with Crippen LogP contribution in [0.15, 0.2) is 133 Å². The quantitative estimate of drug-likeness (QED) is 0.0235. The van der Waals surface area contributed by atoms with Gasteiger partial charge >= 0.3 is 0 Å². The van der Waals surface area contributed by atoms with Gasteiger partial charge in [-0.1, -0.05) is 96.9 Å². The normalized spacial score (nSPS) is 14.7. The molecule has 1 aliphatic carbocycles. The van der Waals surface area contributed by atoms with Crippen molar-refractivity contribution in [3.8, 4) is 45.6 Å². The highest BCUT2D eigenvalue weighted by Gasteiger charge is 2.19. The Morgan fingerprint density at radius 2 is 1.31 bits per heavy atom. The third kappa shape index (κ3) is 18.3. The maximum Gasteiger partial charge on any atom is 0.231 e. The van der Waals surface area contributed by atoms with Crippen molar-refractivity contribution in [3.05, 3.63) is 139 Å². The third-order valence-corrected chi connectivity index (χ3v) is 17.5. The number of phenolic OH excluding ortho intramolecular Hbond substituents is 2. The lowest BCUT2D eigenvalue weighted by Gasteiger charge is -2.22. The average molecular weight is 1180 g/mol. The Morgan fingerprint density at radius 1 is 0.586 bits per heavy atom. The first-order valence-corrected chi connectivity index (χ1v) is 32.5. The summed E-state index contributed by atoms with van der Waals surface area (Å²) in [4.78, 5) is 16.9. The van der Waals surface area contributed by atoms with Crippen LogP contribution in [0.3, 0.4) is 0 Å². The summed E-state index contributed by atoms with van der Waals surface area (Å²) >= 11 is 0. The second-order valence-corrected chi connectivity index (χ2v) is 23.6. The molecule has 14 nitrogen and oxygen atoms in total. The second-order valence-electron chi connectivity index (χ2n) is 23.6. The highest BCUT2D eigenvalue weighted by Crippen LogP contribution is 2.40. The van der Waals surface area contributed by atoms with Crippen molar-refractivity contribution in [1.82, 2.24) is 24.7 Å². The molecule has 0 saturated carbocycles. The maximum absolute atomic E-state index is 11.3. The van der Waals surface area contributed by atoms with E-state index >= 15 is 0 Å². The number of hydrogen-bond acceptors (Lipinski definition) is 14. The molecule has 2 aromatic heterocycles. The summed E-state index contributed by atoms with van der Waals surface area (Å²) in [6.45, 7) is 26.1. The number of allylic oxidation sites excluding steroid dienone is 4. The molecule has 3 heterocycles. The van der Waals surface area contributed by atoms with Crippen molar-refractivity contribution in [2.24, 2.45) is 5.41 Å². The van der Waals surface area contributed by atoms with Crippen LogP contribution in [0, 0.1) is 5.41 Å². The lowest BCUT2D eigenvalue weighted by atomic mass is 9.87. The number of aromatic nitrogens is 2. The number of anilines is 3. The number of unbranched alkanes of at least 4 members (excludes halogenated alkanes) is 6. The second kappa shape index (κ2) is 32.5. The highest BCUT2D eigenvalue weighted by atomic mass is 16.7. The van der Waals surface area contributed by atoms with Crippen LogP contribution < -0.4 is 34.9 Å². The largest absolute Gasteiger partial charge is 0.508 e. The van der Waals surface area contributed by atoms with Crippen LogP contribution in [0.25, 0.3) is 43.6 Å². The highest BCUT2D eigenvalue weighted by molar-refractivity contribution is 6.00. The number of rotatable bonds is 37. The van der Waals surface area contributed by atoms with E-state index in [1.54, 1.807) is 12.1 Å². The van der Waals surface area contributed by atoms with Crippen LogP contribution in [0.1, 0.15) is 111 Å². The van der Waals surface area contributed by atoms with Crippen LogP contribution in [-0.4, -0.2) is 133 Å². The topological polar surface area (TPSA) is 149 Å². The monoisotopic (exact) mass is 1180 g/mol. The molecule has 9 rings (SSSR count). The third-order valence-electron chi connectivity index (χ3n) is 17.5. The lowest BCUT2D eigenvalue weighted by Crippen LogP contribution is -2.29. The van der Waals surface area contributed by atoms with Crippen LogP contribution >= 0.6 is 0 Å². The van der Waals surface area contributed by atoms with Gasteiger partial charge in [-0.3, -0.25) is 4.98 Å². The van der Waals surface area contributed by atoms with Crippen molar-refractivity contribution in [2.45, 2.75) is 112 Å². The molecular formula is C73H96N8O6. The average Bonchev–Trinajstić information content (AvgIpc) is 2.61. The number of pyridine rings is 2. The number of nitrogens with zero attached hydrogens (tertiary/aromatic N) is 5. The molecule has 0 radical (unpaired) electrons. The smallest absolute Gasteiger partial charge is 0.231 e. The van der Waals surface area contributed by atoms with Crippen LogP contribution in [-0.2, 0) is 6.42 Å². The zero-order valence-electron chi connectivity index (χ0n) is 52.8. The summed E-state index contributed by atoms with van der Waals surface area (Å²) in [5.74, 6) is 4.47. The van der Waals surface area contributed by atoms with Gasteiger partial charge in [0.2, 0.25) is 6.79 Å². The van der Waals surface area contributed by atoms with E-state index in [1.807, 2.05) is 54.9 Å². The van der Waals surface area contributed by atoms with E-state index in [-0.39, 0.29) is 23.7 Å². The first-order valence-electron chi connectivity index (χ1n) is 32.5. The number of benzene rings is 5. The minimum absolute atomic E-state index is 0.0703. The summed E-state index contributed by atoms with van der Waals surface area (Å²) in [7, 11) is 0. The van der Waals surface area contributed by atoms with E-state index in [0.717, 1.165) is 220 Å². The number of phenols is 2. The van der Waals surface area contributed by atoms with Crippen molar-refractivity contribution < 1.29 is 29.2 Å². The van der Waals surface area contributed by atoms with Crippen LogP contribution in [0.5, 0.6) is 34.5 Å². The summed E-state index contributed by atoms with van der Waals surface area (Å²) in [5, 5.41) is 37.9. The molecule has 464 valence electrons. The summed E-state index contributed by atoms with van der Waals surface area (Å²) in [5.41, 5.74) is 7.26. The molecule has 7 aromatic rings. The molecular weight excluding hydrogens is 1080 g/mol. The van der Waals surface area contributed by atoms with E-state index in [9.17, 15) is 10.2 Å². The molecule has 0 amide bonds. The van der Waals surface area contributed by atoms with E-state index in [4.69, 9.17) is 23.9 Å². The summed E-state index contributed by atoms with van der Waals surface area (Å²) < 4.78 is 24.3. The SMILES string of the molecule is CCN(CC)CCCCCOc1cc(OCCN(CC)CCCCCNc2cc(O)cc3c(CCN(CC)CCCCCNc4cc(O)cc5ccc(NCC6=CC=CC(C)(CC)C=C6)nc45)cc(-c4ccc5c(c4)OCO5)cc23)cc2ccncc12. The molecule has 14 heteroatoms. The maximum atomic E-state index is 11.3. The zero-order chi connectivity index (χ0) is 60.8. The van der Waals surface area contributed by atoms with Gasteiger partial charge in [0, 0.05) is 90.6 Å². The van der Waals surface area contributed by atoms with Gasteiger partial charge in [-0.2, -0.15) is 0 Å². The number of nitrogens with one attached hydrogen (secondary N) is 3. The van der Waals surface area contributed by atoms with Gasteiger partial charge in [0.1, 0.15) is 35.4 Å². The van der Waals surface area contributed by atoms with Crippen LogP contribution in [0.4, 0.5) is 17.2 Å². The molecule has 1 atom stereocenters. The fraction of sp³-hybridized carbons (Fsp3) is 0.452. The van der Waals surface area contributed by atoms with Gasteiger partial charge in [-0.05, 0) is 191 Å². The fourth-order valence-corrected chi connectivity index (χ4v) is 11.7. The number of aromatic hydroxyl groups is 2. The number of likely N-dealkylation sites (N-methyl/N-ethyl adjacent to an activating group) is 2. The van der Waals surface area contributed by atoms with E-state index < -0.39 is 0 Å². The molecule has 2 aliphatic rings. The Kier molecular flexibility index (Phi) is 23.9. The molecule has 0 saturated heterocycles. The molecule has 5 aromatic carbocycles. The first kappa shape index (κ1) is 64.0. The fourth-order valence-electron chi connectivity index (χ4n) is 11.7. The Bertz CT molecular complexity index is 3430. The number of ether oxygens (including phenoxy) is 4. The Labute approximate surface area is 517 Å². The lowest BCUT2D eigenvalue weighted by molar-refractivity contribution is 0.174. The molecule has 0 fully saturated rings. The molecule has 0 bridgehead atoms. The minimum Gasteiger partial charge on any atom is -0.508 e. The van der Waals surface area contributed by atoms with Gasteiger partial charge in [0.15, 0.2) is 11.5 Å². The van der Waals surface area contributed by atoms with Crippen LogP contribution in [0.2, 0.25) is 0 Å². The Balaban J connectivity index is 0.752. The van der Waals surface area contributed by atoms with Gasteiger partial charge in [0.25, 0.3) is 0 Å². The van der Waals surface area contributed by atoms with Gasteiger partial charge < -0.3 is 59.8 Å².